The summed E-state index contributed by atoms with van der Waals surface area (Å²) in [6, 6.07) is 37.5. The van der Waals surface area contributed by atoms with Crippen LogP contribution in [0.1, 0.15) is 131 Å². The number of benzene rings is 4. The highest BCUT2D eigenvalue weighted by Gasteiger charge is 2.50. The van der Waals surface area contributed by atoms with Crippen molar-refractivity contribution in [2.45, 2.75) is 167 Å². The SMILES string of the molecule is [2H]C[C@H]1O[C@@H](n2ccc(NC(=O)OCC3c4ccccc4-c4ccccc43)nc2=O)[C@@H](F)C1OP(OCCC#N)N(C(C)C)C(C)C.[2H]C[C@H]1O[C@@H](n2cnc3c(NC(=O)OCC4c5ccccc5-c5ccccc54)ncnc32)[C@@H](F)C1OP(OCCC#N)N(C(C)C)C(C)C.[3H]OC.[3H]OC. The predicted octanol–water partition coefficient (Wildman–Crippen LogP) is 12.8. The Morgan fingerprint density at radius 3 is 1.46 bits per heavy atom. The normalized spacial score (nSPS) is 21.0. The van der Waals surface area contributed by atoms with E-state index in [0.717, 1.165) is 49.1 Å². The van der Waals surface area contributed by atoms with Crippen LogP contribution in [0.15, 0.2) is 127 Å². The van der Waals surface area contributed by atoms with Gasteiger partial charge in [0.1, 0.15) is 37.6 Å². The molecule has 2 amide bonds. The summed E-state index contributed by atoms with van der Waals surface area (Å²) in [4.78, 5) is 55.6. The molecule has 2 fully saturated rings. The smallest absolute Gasteiger partial charge is 0.412 e. The molecule has 10 atom stereocenters. The molecular weight excluding hydrogens is 1300 g/mol. The lowest BCUT2D eigenvalue weighted by Gasteiger charge is -2.37. The molecule has 4 aliphatic rings. The number of hydrogen-bond acceptors (Lipinski definition) is 21. The van der Waals surface area contributed by atoms with Crippen LogP contribution in [0.4, 0.5) is 30.0 Å². The Labute approximate surface area is 577 Å². The van der Waals surface area contributed by atoms with Gasteiger partial charge in [0.2, 0.25) is 2.86 Å². The zero-order chi connectivity index (χ0) is 73.7. The van der Waals surface area contributed by atoms with Crippen LogP contribution < -0.4 is 16.3 Å². The van der Waals surface area contributed by atoms with Crippen molar-refractivity contribution < 1.29 is 68.4 Å². The van der Waals surface area contributed by atoms with Crippen LogP contribution in [0.5, 0.6) is 0 Å². The molecule has 0 radical (unpaired) electrons. The number of carbonyl (C=O) groups excluding carboxylic acids is 2. The maximum absolute atomic E-state index is 16.3. The second kappa shape index (κ2) is 35.8. The number of anilines is 2. The quantitative estimate of drug-likeness (QED) is 0.0323. The molecule has 7 aromatic rings. The fourth-order valence-electron chi connectivity index (χ4n) is 12.2. The van der Waals surface area contributed by atoms with E-state index in [4.69, 9.17) is 53.2 Å². The minimum Gasteiger partial charge on any atom is -0.448 e. The molecule has 4 unspecified atom stereocenters. The van der Waals surface area contributed by atoms with Gasteiger partial charge in [0.05, 0.1) is 56.7 Å². The number of imidazole rings is 1. The van der Waals surface area contributed by atoms with Gasteiger partial charge in [-0.3, -0.25) is 19.8 Å². The van der Waals surface area contributed by atoms with Gasteiger partial charge in [-0.1, -0.05) is 97.1 Å². The van der Waals surface area contributed by atoms with Crippen LogP contribution in [0, 0.1) is 22.7 Å². The average molecular weight is 1400 g/mol. The third-order valence-electron chi connectivity index (χ3n) is 16.2. The van der Waals surface area contributed by atoms with Crippen molar-refractivity contribution in [3.05, 3.63) is 155 Å². The van der Waals surface area contributed by atoms with Crippen LogP contribution in [0.2, 0.25) is 0 Å². The maximum atomic E-state index is 16.3. The summed E-state index contributed by atoms with van der Waals surface area (Å²) in [5.74, 6) is -0.227. The van der Waals surface area contributed by atoms with Gasteiger partial charge in [0.25, 0.3) is 17.1 Å². The summed E-state index contributed by atoms with van der Waals surface area (Å²) < 4.78 is 114. The van der Waals surface area contributed by atoms with E-state index < -0.39 is 84.1 Å². The molecule has 0 bridgehead atoms. The van der Waals surface area contributed by atoms with E-state index in [2.05, 4.69) is 59.0 Å². The number of nitriles is 2. The number of fused-ring (bicyclic) bond motifs is 7. The van der Waals surface area contributed by atoms with Crippen molar-refractivity contribution >= 4 is 52.0 Å². The van der Waals surface area contributed by atoms with E-state index in [9.17, 15) is 14.4 Å². The number of rotatable bonds is 24. The first-order valence-electron chi connectivity index (χ1n) is 34.1. The molecule has 11 rings (SSSR count). The van der Waals surface area contributed by atoms with Gasteiger partial charge >= 0.3 is 17.9 Å². The van der Waals surface area contributed by atoms with Gasteiger partial charge in [-0.05, 0) is 120 Å². The topological polar surface area (TPSA) is 305 Å². The van der Waals surface area contributed by atoms with Crippen molar-refractivity contribution in [1.29, 1.82) is 13.4 Å². The average Bonchev–Trinajstić information content (AvgIpc) is 1.62. The minimum absolute atomic E-state index is 0.00974. The number of nitrogens with one attached hydrogen (secondary N) is 2. The van der Waals surface area contributed by atoms with E-state index in [1.807, 2.05) is 156 Å². The van der Waals surface area contributed by atoms with E-state index in [-0.39, 0.29) is 112 Å². The maximum Gasteiger partial charge on any atom is 0.412 e. The van der Waals surface area contributed by atoms with Crippen molar-refractivity contribution in [3.8, 4) is 34.4 Å². The molecule has 4 aromatic carbocycles. The summed E-state index contributed by atoms with van der Waals surface area (Å²) in [6.45, 7) is 15.6. The third-order valence-corrected chi connectivity index (χ3v) is 20.4. The molecule has 3 aromatic heterocycles. The van der Waals surface area contributed by atoms with Gasteiger partial charge in [-0.2, -0.15) is 15.5 Å². The molecule has 25 nitrogen and oxygen atoms in total. The number of hydrogen-bond donors (Lipinski definition) is 4. The standard InChI is InChI=1S/C34H39FN7O5P.C33H39FN5O6P.2CH4O/c1-20(2)42(21(3)4)48(45-16-10-15-36)47-30-22(5)46-33(28(30)35)41-19-39-29-31(37-18-38-32(29)41)40-34(43)44-17-27-25-13-8-6-11-23(25)24-12-7-9-14-26(24)27;1-20(2)39(21(3)4)46(43-18-10-16-35)45-30-22(5)44-31(29(30)34)38-17-15-28(36-32(38)40)37-33(41)42-19-27-25-13-8-6-11-23(25)24-12-7-9-14-26(24)27;2*1-2/h6-9,11-14,18-22,27-28,30,33H,10,16-17H2,1-5H3,(H,37,38,40,43);6-9,11-15,17,20-22,27,29-31H,10,18-19H2,1-5H3,(H,36,37,40,41);2*2H,1H3/t22-,28+,30?,33-,48?;22-,29+,30?,31-,46?;;/m11../s1/i2*5D;2*2T. The summed E-state index contributed by atoms with van der Waals surface area (Å²) in [7, 11) is -1.01. The number of alkyl halides is 2. The van der Waals surface area contributed by atoms with Crippen LogP contribution in [0.3, 0.4) is 0 Å². The number of halogens is 2. The molecule has 4 N–H and O–H groups in total. The van der Waals surface area contributed by atoms with E-state index in [1.165, 1.54) is 43.7 Å². The monoisotopic (exact) mass is 1400 g/mol. The number of aliphatic hydroxyl groups is 2. The molecule has 524 valence electrons. The fourth-order valence-corrected chi connectivity index (χ4v) is 15.7. The Morgan fingerprint density at radius 1 is 0.653 bits per heavy atom. The summed E-state index contributed by atoms with van der Waals surface area (Å²) in [5, 5.41) is 30.2. The zero-order valence-corrected chi connectivity index (χ0v) is 58.0. The highest BCUT2D eigenvalue weighted by Crippen LogP contribution is 2.53. The Hall–Kier alpha value is -7.85. The van der Waals surface area contributed by atoms with Crippen molar-refractivity contribution in [2.24, 2.45) is 0 Å². The fraction of sp³-hybridized carbons (Fsp3) is 0.464. The van der Waals surface area contributed by atoms with Crippen LogP contribution in [0.25, 0.3) is 33.4 Å². The number of ether oxygens (including phenoxy) is 4. The number of aliphatic hydroxyl groups excluding tert-OH is 2. The van der Waals surface area contributed by atoms with Crippen molar-refractivity contribution in [3.63, 3.8) is 0 Å². The highest BCUT2D eigenvalue weighted by molar-refractivity contribution is 7.44. The van der Waals surface area contributed by atoms with E-state index in [0.29, 0.717) is 0 Å². The zero-order valence-electron chi connectivity index (χ0n) is 60.2. The second-order valence-corrected chi connectivity index (χ2v) is 26.5. The van der Waals surface area contributed by atoms with Crippen LogP contribution in [-0.4, -0.2) is 165 Å². The van der Waals surface area contributed by atoms with Crippen LogP contribution >= 0.6 is 17.1 Å². The van der Waals surface area contributed by atoms with Gasteiger partial charge in [0, 0.05) is 59.2 Å². The molecule has 5 heterocycles. The molecule has 29 heteroatoms. The lowest BCUT2D eigenvalue weighted by atomic mass is 9.98. The first-order valence-corrected chi connectivity index (χ1v) is 34.1. The lowest BCUT2D eigenvalue weighted by molar-refractivity contribution is -0.0179. The molecule has 98 heavy (non-hydrogen) atoms. The minimum atomic E-state index is -1.84. The predicted molar refractivity (Wildman–Crippen MR) is 367 cm³/mol. The van der Waals surface area contributed by atoms with Gasteiger partial charge < -0.3 is 47.3 Å². The Balaban J connectivity index is 0.000000241. The van der Waals surface area contributed by atoms with Crippen LogP contribution in [-0.2, 0) is 37.0 Å². The number of aromatic nitrogens is 6. The molecule has 2 aliphatic heterocycles. The van der Waals surface area contributed by atoms with Gasteiger partial charge in [-0.25, -0.2) is 47.5 Å². The lowest BCUT2D eigenvalue weighted by Crippen LogP contribution is -2.38. The van der Waals surface area contributed by atoms with E-state index >= 15 is 8.78 Å². The number of nitrogens with zero attached hydrogens (tertiary/aromatic N) is 10. The van der Waals surface area contributed by atoms with Gasteiger partial charge in [-0.15, -0.1) is 0 Å². The highest BCUT2D eigenvalue weighted by atomic mass is 31.2. The molecule has 0 saturated carbocycles. The van der Waals surface area contributed by atoms with Crippen molar-refractivity contribution in [2.75, 3.05) is 51.3 Å². The summed E-state index contributed by atoms with van der Waals surface area (Å²) >= 11 is 0. The van der Waals surface area contributed by atoms with Gasteiger partial charge in [0.15, 0.2) is 41.8 Å². The molecule has 0 spiro atoms. The third kappa shape index (κ3) is 17.4. The van der Waals surface area contributed by atoms with Crippen molar-refractivity contribution in [1.82, 2.24) is 38.4 Å². The summed E-state index contributed by atoms with van der Waals surface area (Å²) in [6.07, 6.45) is -7.77. The molecule has 2 aliphatic carbocycles. The number of carbonyl (C=O) groups is 2. The first kappa shape index (κ1) is 70.0. The molecular formula is C69H86F2N12O13P2. The first-order chi connectivity index (χ1) is 49.2. The molecule has 2 saturated heterocycles. The number of amides is 2. The Morgan fingerprint density at radius 2 is 1.06 bits per heavy atom. The summed E-state index contributed by atoms with van der Waals surface area (Å²) in [5.41, 5.74) is 8.33. The Bertz CT molecular complexity index is 3920. The second-order valence-electron chi connectivity index (χ2n) is 23.7. The Kier molecular flexibility index (Phi) is 25.6. The van der Waals surface area contributed by atoms with E-state index in [1.54, 1.807) is 0 Å². The largest absolute Gasteiger partial charge is 0.448 e.